The van der Waals surface area contributed by atoms with E-state index in [1.165, 1.54) is 16.8 Å². The van der Waals surface area contributed by atoms with Crippen LogP contribution in [0.4, 0.5) is 4.39 Å². The molecule has 2 aromatic rings. The van der Waals surface area contributed by atoms with Gasteiger partial charge in [0, 0.05) is 19.1 Å². The average molecular weight is 317 g/mol. The van der Waals surface area contributed by atoms with E-state index in [9.17, 15) is 9.18 Å². The number of nitrogens with zero attached hydrogens (tertiary/aromatic N) is 4. The van der Waals surface area contributed by atoms with Gasteiger partial charge in [-0.1, -0.05) is 5.21 Å². The highest BCUT2D eigenvalue weighted by molar-refractivity contribution is 5.92. The van der Waals surface area contributed by atoms with Gasteiger partial charge in [-0.25, -0.2) is 9.07 Å². The van der Waals surface area contributed by atoms with Crippen molar-refractivity contribution in [2.24, 2.45) is 11.7 Å². The Labute approximate surface area is 134 Å². The van der Waals surface area contributed by atoms with Crippen LogP contribution < -0.4 is 5.73 Å². The number of hydrogen-bond acceptors (Lipinski definition) is 4. The van der Waals surface area contributed by atoms with Gasteiger partial charge >= 0.3 is 0 Å². The molecule has 122 valence electrons. The molecule has 0 radical (unpaired) electrons. The van der Waals surface area contributed by atoms with Gasteiger partial charge in [0.15, 0.2) is 5.69 Å². The second-order valence-corrected chi connectivity index (χ2v) is 6.04. The molecule has 7 heteroatoms. The molecule has 23 heavy (non-hydrogen) atoms. The Morgan fingerprint density at radius 3 is 2.83 bits per heavy atom. The maximum Gasteiger partial charge on any atom is 0.276 e. The Kier molecular flexibility index (Phi) is 4.38. The van der Waals surface area contributed by atoms with Gasteiger partial charge in [-0.05, 0) is 49.9 Å². The molecule has 1 fully saturated rings. The van der Waals surface area contributed by atoms with Crippen molar-refractivity contribution < 1.29 is 9.18 Å². The molecule has 6 nitrogen and oxygen atoms in total. The maximum absolute atomic E-state index is 13.0. The van der Waals surface area contributed by atoms with E-state index >= 15 is 0 Å². The number of rotatable bonds is 3. The van der Waals surface area contributed by atoms with Gasteiger partial charge in [0.25, 0.3) is 5.91 Å². The summed E-state index contributed by atoms with van der Waals surface area (Å²) in [5.41, 5.74) is 6.91. The highest BCUT2D eigenvalue weighted by Gasteiger charge is 2.27. The summed E-state index contributed by atoms with van der Waals surface area (Å²) < 4.78 is 14.4. The fraction of sp³-hybridized carbons (Fsp3) is 0.438. The third-order valence-corrected chi connectivity index (χ3v) is 4.29. The molecule has 0 saturated carbocycles. The van der Waals surface area contributed by atoms with Gasteiger partial charge in [-0.2, -0.15) is 0 Å². The molecular weight excluding hydrogens is 297 g/mol. The minimum absolute atomic E-state index is 0.0699. The first kappa shape index (κ1) is 15.6. The first-order valence-corrected chi connectivity index (χ1v) is 7.78. The average Bonchev–Trinajstić information content (AvgIpc) is 3.05. The molecule has 3 rings (SSSR count). The first-order valence-electron chi connectivity index (χ1n) is 7.78. The number of halogens is 1. The van der Waals surface area contributed by atoms with E-state index in [2.05, 4.69) is 10.3 Å². The van der Waals surface area contributed by atoms with Crippen LogP contribution in [0.2, 0.25) is 0 Å². The zero-order valence-corrected chi connectivity index (χ0v) is 13.0. The Bertz CT molecular complexity index is 682. The third kappa shape index (κ3) is 3.39. The van der Waals surface area contributed by atoms with Crippen LogP contribution in [-0.2, 0) is 0 Å². The maximum atomic E-state index is 13.0. The van der Waals surface area contributed by atoms with Gasteiger partial charge < -0.3 is 10.6 Å². The first-order chi connectivity index (χ1) is 11.0. The molecule has 2 atom stereocenters. The number of hydrogen-bond donors (Lipinski definition) is 1. The lowest BCUT2D eigenvalue weighted by Gasteiger charge is -2.34. The van der Waals surface area contributed by atoms with Crippen molar-refractivity contribution in [1.82, 2.24) is 19.9 Å². The van der Waals surface area contributed by atoms with Crippen molar-refractivity contribution in [3.05, 3.63) is 42.0 Å². The van der Waals surface area contributed by atoms with E-state index in [0.717, 1.165) is 12.8 Å². The van der Waals surface area contributed by atoms with E-state index in [4.69, 9.17) is 5.73 Å². The number of benzene rings is 1. The normalized spacial score (nSPS) is 19.6. The summed E-state index contributed by atoms with van der Waals surface area (Å²) in [7, 11) is 0. The minimum Gasteiger partial charge on any atom is -0.337 e. The lowest BCUT2D eigenvalue weighted by Crippen LogP contribution is -2.45. The van der Waals surface area contributed by atoms with Crippen LogP contribution >= 0.6 is 0 Å². The van der Waals surface area contributed by atoms with Gasteiger partial charge in [-0.3, -0.25) is 4.79 Å². The second kappa shape index (κ2) is 6.45. The Morgan fingerprint density at radius 2 is 2.13 bits per heavy atom. The predicted molar refractivity (Wildman–Crippen MR) is 83.6 cm³/mol. The lowest BCUT2D eigenvalue weighted by molar-refractivity contribution is 0.0655. The van der Waals surface area contributed by atoms with Crippen molar-refractivity contribution in [3.8, 4) is 5.69 Å². The Morgan fingerprint density at radius 1 is 1.39 bits per heavy atom. The van der Waals surface area contributed by atoms with Crippen LogP contribution in [0.25, 0.3) is 5.69 Å². The SMILES string of the molecule is C[C@@H](N)[C@H]1CCCN(C(=O)c2cn(-c3ccc(F)cc3)nn2)C1. The summed E-state index contributed by atoms with van der Waals surface area (Å²) >= 11 is 0. The largest absolute Gasteiger partial charge is 0.337 e. The van der Waals surface area contributed by atoms with Crippen molar-refractivity contribution in [2.75, 3.05) is 13.1 Å². The topological polar surface area (TPSA) is 77.0 Å². The zero-order chi connectivity index (χ0) is 16.4. The summed E-state index contributed by atoms with van der Waals surface area (Å²) in [6, 6.07) is 5.93. The number of aromatic nitrogens is 3. The van der Waals surface area contributed by atoms with Gasteiger partial charge in [0.05, 0.1) is 11.9 Å². The summed E-state index contributed by atoms with van der Waals surface area (Å²) in [6.45, 7) is 3.34. The molecule has 1 aliphatic rings. The molecule has 0 spiro atoms. The van der Waals surface area contributed by atoms with E-state index in [1.807, 2.05) is 6.92 Å². The number of likely N-dealkylation sites (tertiary alicyclic amines) is 1. The summed E-state index contributed by atoms with van der Waals surface area (Å²) in [4.78, 5) is 14.4. The number of carbonyl (C=O) groups excluding carboxylic acids is 1. The standard InChI is InChI=1S/C16H20FN5O/c1-11(18)12-3-2-8-21(9-12)16(23)15-10-22(20-19-15)14-6-4-13(17)5-7-14/h4-7,10-12H,2-3,8-9,18H2,1H3/t11-,12+/m1/s1. The van der Waals surface area contributed by atoms with E-state index in [1.54, 1.807) is 23.2 Å². The Balaban J connectivity index is 1.74. The number of piperidine rings is 1. The van der Waals surface area contributed by atoms with Crippen LogP contribution in [0, 0.1) is 11.7 Å². The van der Waals surface area contributed by atoms with Crippen LogP contribution in [0.3, 0.4) is 0 Å². The fourth-order valence-corrected chi connectivity index (χ4v) is 2.87. The molecule has 1 amide bonds. The van der Waals surface area contributed by atoms with Crippen LogP contribution in [0.5, 0.6) is 0 Å². The summed E-state index contributed by atoms with van der Waals surface area (Å²) in [5, 5.41) is 7.91. The van der Waals surface area contributed by atoms with Crippen LogP contribution in [0.15, 0.2) is 30.5 Å². The van der Waals surface area contributed by atoms with E-state index < -0.39 is 0 Å². The molecule has 1 aromatic heterocycles. The fourth-order valence-electron chi connectivity index (χ4n) is 2.87. The molecule has 0 aliphatic carbocycles. The van der Waals surface area contributed by atoms with Crippen LogP contribution in [-0.4, -0.2) is 44.9 Å². The van der Waals surface area contributed by atoms with E-state index in [-0.39, 0.29) is 17.8 Å². The number of nitrogens with two attached hydrogens (primary N) is 1. The number of carbonyl (C=O) groups is 1. The van der Waals surface area contributed by atoms with Gasteiger partial charge in [-0.15, -0.1) is 5.10 Å². The summed E-state index contributed by atoms with van der Waals surface area (Å²) in [6.07, 6.45) is 3.57. The quantitative estimate of drug-likeness (QED) is 0.933. The molecule has 0 unspecified atom stereocenters. The summed E-state index contributed by atoms with van der Waals surface area (Å²) in [5.74, 6) is -0.135. The molecule has 2 heterocycles. The van der Waals surface area contributed by atoms with Crippen molar-refractivity contribution in [2.45, 2.75) is 25.8 Å². The highest BCUT2D eigenvalue weighted by Crippen LogP contribution is 2.20. The predicted octanol–water partition coefficient (Wildman–Crippen LogP) is 1.61. The molecule has 1 aromatic carbocycles. The van der Waals surface area contributed by atoms with E-state index in [0.29, 0.717) is 30.4 Å². The minimum atomic E-state index is -0.319. The molecular formula is C16H20FN5O. The zero-order valence-electron chi connectivity index (χ0n) is 13.0. The monoisotopic (exact) mass is 317 g/mol. The Hall–Kier alpha value is -2.28. The van der Waals surface area contributed by atoms with Gasteiger partial charge in [0.1, 0.15) is 5.82 Å². The molecule has 0 bridgehead atoms. The smallest absolute Gasteiger partial charge is 0.276 e. The van der Waals surface area contributed by atoms with Crippen molar-refractivity contribution in [1.29, 1.82) is 0 Å². The van der Waals surface area contributed by atoms with Crippen molar-refractivity contribution in [3.63, 3.8) is 0 Å². The molecule has 1 aliphatic heterocycles. The van der Waals surface area contributed by atoms with Gasteiger partial charge in [0.2, 0.25) is 0 Å². The third-order valence-electron chi connectivity index (χ3n) is 4.29. The molecule has 1 saturated heterocycles. The molecule has 2 N–H and O–H groups in total. The lowest BCUT2D eigenvalue weighted by atomic mass is 9.92. The number of amides is 1. The highest BCUT2D eigenvalue weighted by atomic mass is 19.1. The van der Waals surface area contributed by atoms with Crippen molar-refractivity contribution >= 4 is 5.91 Å². The van der Waals surface area contributed by atoms with Crippen LogP contribution in [0.1, 0.15) is 30.3 Å². The second-order valence-electron chi connectivity index (χ2n) is 6.04.